The van der Waals surface area contributed by atoms with Crippen molar-refractivity contribution in [1.82, 2.24) is 20.2 Å². The van der Waals surface area contributed by atoms with Crippen LogP contribution in [0, 0.1) is 0 Å². The molecule has 2 N–H and O–H groups in total. The number of carbonyl (C=O) groups excluding carboxylic acids is 1. The molecule has 0 saturated heterocycles. The van der Waals surface area contributed by atoms with Gasteiger partial charge in [-0.2, -0.15) is 0 Å². The van der Waals surface area contributed by atoms with Crippen molar-refractivity contribution in [2.75, 3.05) is 6.54 Å². The molecule has 130 valence electrons. The minimum absolute atomic E-state index is 0.223. The first-order chi connectivity index (χ1) is 12.1. The van der Waals surface area contributed by atoms with E-state index in [1.165, 1.54) is 4.88 Å². The minimum atomic E-state index is -0.348. The van der Waals surface area contributed by atoms with Crippen molar-refractivity contribution in [3.8, 4) is 0 Å². The number of rotatable bonds is 6. The summed E-state index contributed by atoms with van der Waals surface area (Å²) in [5.41, 5.74) is 0.923. The molecular formula is C18H19ClN4OS. The number of urea groups is 1. The van der Waals surface area contributed by atoms with E-state index in [2.05, 4.69) is 21.7 Å². The van der Waals surface area contributed by atoms with Crippen LogP contribution < -0.4 is 10.6 Å². The van der Waals surface area contributed by atoms with Crippen molar-refractivity contribution >= 4 is 29.0 Å². The Bertz CT molecular complexity index is 814. The summed E-state index contributed by atoms with van der Waals surface area (Å²) < 4.78 is 1.89. The van der Waals surface area contributed by atoms with Gasteiger partial charge in [0.1, 0.15) is 11.9 Å². The second-order valence-electron chi connectivity index (χ2n) is 5.61. The van der Waals surface area contributed by atoms with E-state index in [0.717, 1.165) is 17.8 Å². The van der Waals surface area contributed by atoms with E-state index in [1.807, 2.05) is 53.5 Å². The summed E-state index contributed by atoms with van der Waals surface area (Å²) in [5, 5.41) is 8.60. The molecule has 0 radical (unpaired) electrons. The number of aryl methyl sites for hydroxylation is 1. The van der Waals surface area contributed by atoms with E-state index in [4.69, 9.17) is 11.6 Å². The van der Waals surface area contributed by atoms with Crippen LogP contribution in [0.3, 0.4) is 0 Å². The molecule has 25 heavy (non-hydrogen) atoms. The predicted octanol–water partition coefficient (Wildman–Crippen LogP) is 3.77. The molecule has 7 heteroatoms. The lowest BCUT2D eigenvalue weighted by Gasteiger charge is -2.19. The lowest BCUT2D eigenvalue weighted by molar-refractivity contribution is 0.238. The maximum Gasteiger partial charge on any atom is 0.315 e. The molecule has 3 rings (SSSR count). The number of carbonyl (C=O) groups is 1. The number of thiophene rings is 1. The lowest BCUT2D eigenvalue weighted by atomic mass is 10.1. The van der Waals surface area contributed by atoms with Crippen molar-refractivity contribution < 1.29 is 4.79 Å². The summed E-state index contributed by atoms with van der Waals surface area (Å²) in [6.07, 6.45) is 4.39. The fourth-order valence-electron chi connectivity index (χ4n) is 2.54. The lowest BCUT2D eigenvalue weighted by Crippen LogP contribution is -2.40. The van der Waals surface area contributed by atoms with Gasteiger partial charge < -0.3 is 15.2 Å². The number of nitrogens with one attached hydrogen (secondary N) is 2. The first kappa shape index (κ1) is 17.5. The Morgan fingerprint density at radius 1 is 1.32 bits per heavy atom. The molecule has 0 saturated carbocycles. The van der Waals surface area contributed by atoms with Crippen LogP contribution in [-0.2, 0) is 13.5 Å². The third-order valence-electron chi connectivity index (χ3n) is 3.83. The van der Waals surface area contributed by atoms with Crippen LogP contribution >= 0.6 is 22.9 Å². The van der Waals surface area contributed by atoms with Crippen molar-refractivity contribution in [3.05, 3.63) is 75.5 Å². The van der Waals surface area contributed by atoms with Gasteiger partial charge in [-0.3, -0.25) is 0 Å². The molecule has 1 aromatic carbocycles. The second-order valence-corrected chi connectivity index (χ2v) is 7.08. The molecule has 0 aliphatic heterocycles. The van der Waals surface area contributed by atoms with Gasteiger partial charge in [-0.15, -0.1) is 11.3 Å². The summed E-state index contributed by atoms with van der Waals surface area (Å²) in [6.45, 7) is 0.584. The average molecular weight is 375 g/mol. The van der Waals surface area contributed by atoms with E-state index in [0.29, 0.717) is 11.6 Å². The van der Waals surface area contributed by atoms with Gasteiger partial charge in [-0.25, -0.2) is 9.78 Å². The topological polar surface area (TPSA) is 59.0 Å². The molecule has 2 aromatic heterocycles. The van der Waals surface area contributed by atoms with Crippen LogP contribution in [0.1, 0.15) is 22.3 Å². The normalized spacial score (nSPS) is 11.9. The van der Waals surface area contributed by atoms with Crippen LogP contribution in [0.4, 0.5) is 4.79 Å². The van der Waals surface area contributed by atoms with E-state index in [1.54, 1.807) is 17.5 Å². The van der Waals surface area contributed by atoms with Crippen LogP contribution in [0.2, 0.25) is 5.02 Å². The van der Waals surface area contributed by atoms with E-state index < -0.39 is 0 Å². The van der Waals surface area contributed by atoms with Crippen molar-refractivity contribution in [1.29, 1.82) is 0 Å². The van der Waals surface area contributed by atoms with Gasteiger partial charge in [0.05, 0.1) is 0 Å². The number of halogens is 1. The highest BCUT2D eigenvalue weighted by Crippen LogP contribution is 2.22. The quantitative estimate of drug-likeness (QED) is 0.690. The fourth-order valence-corrected chi connectivity index (χ4v) is 3.38. The predicted molar refractivity (Wildman–Crippen MR) is 101 cm³/mol. The number of aromatic nitrogens is 2. The molecule has 0 bridgehead atoms. The Morgan fingerprint density at radius 3 is 2.76 bits per heavy atom. The highest BCUT2D eigenvalue weighted by Gasteiger charge is 2.20. The second kappa shape index (κ2) is 8.18. The van der Waals surface area contributed by atoms with Gasteiger partial charge in [-0.1, -0.05) is 29.8 Å². The molecule has 3 aromatic rings. The maximum absolute atomic E-state index is 12.3. The van der Waals surface area contributed by atoms with Gasteiger partial charge >= 0.3 is 6.03 Å². The van der Waals surface area contributed by atoms with Gasteiger partial charge in [-0.05, 0) is 35.6 Å². The first-order valence-corrected chi connectivity index (χ1v) is 9.18. The number of nitrogens with zero attached hydrogens (tertiary/aromatic N) is 2. The van der Waals surface area contributed by atoms with Gasteiger partial charge in [0, 0.05) is 35.9 Å². The fraction of sp³-hybridized carbons (Fsp3) is 0.222. The first-order valence-electron chi connectivity index (χ1n) is 7.93. The van der Waals surface area contributed by atoms with E-state index in [-0.39, 0.29) is 12.1 Å². The molecule has 1 unspecified atom stereocenters. The summed E-state index contributed by atoms with van der Waals surface area (Å²) >= 11 is 7.67. The highest BCUT2D eigenvalue weighted by molar-refractivity contribution is 7.09. The zero-order valence-corrected chi connectivity index (χ0v) is 15.3. The third kappa shape index (κ3) is 4.61. The number of hydrogen-bond donors (Lipinski definition) is 2. The standard InChI is InChI=1S/C18H19ClN4OS/c1-23-11-10-20-17(23)16(13-4-6-14(19)7-5-13)22-18(24)21-9-8-15-3-2-12-25-15/h2-7,10-12,16H,8-9H2,1H3,(H2,21,22,24). The van der Waals surface area contributed by atoms with Crippen molar-refractivity contribution in [2.24, 2.45) is 7.05 Å². The molecule has 0 aliphatic rings. The summed E-state index contributed by atoms with van der Waals surface area (Å²) in [6, 6.07) is 10.9. The number of amides is 2. The highest BCUT2D eigenvalue weighted by atomic mass is 35.5. The molecule has 2 heterocycles. The van der Waals surface area contributed by atoms with Gasteiger partial charge in [0.15, 0.2) is 0 Å². The van der Waals surface area contributed by atoms with Crippen LogP contribution in [0.25, 0.3) is 0 Å². The SMILES string of the molecule is Cn1ccnc1C(NC(=O)NCCc1cccs1)c1ccc(Cl)cc1. The molecule has 2 amide bonds. The van der Waals surface area contributed by atoms with Crippen molar-refractivity contribution in [3.63, 3.8) is 0 Å². The largest absolute Gasteiger partial charge is 0.338 e. The molecule has 0 spiro atoms. The van der Waals surface area contributed by atoms with Gasteiger partial charge in [0.25, 0.3) is 0 Å². The van der Waals surface area contributed by atoms with Gasteiger partial charge in [0.2, 0.25) is 0 Å². The molecular weight excluding hydrogens is 356 g/mol. The number of benzene rings is 1. The zero-order chi connectivity index (χ0) is 17.6. The Morgan fingerprint density at radius 2 is 2.12 bits per heavy atom. The summed E-state index contributed by atoms with van der Waals surface area (Å²) in [4.78, 5) is 18.0. The third-order valence-corrected chi connectivity index (χ3v) is 5.02. The smallest absolute Gasteiger partial charge is 0.315 e. The molecule has 0 fully saturated rings. The van der Waals surface area contributed by atoms with Crippen LogP contribution in [-0.4, -0.2) is 22.1 Å². The number of hydrogen-bond acceptors (Lipinski definition) is 3. The maximum atomic E-state index is 12.3. The Hall–Kier alpha value is -2.31. The van der Waals surface area contributed by atoms with Crippen molar-refractivity contribution in [2.45, 2.75) is 12.5 Å². The summed E-state index contributed by atoms with van der Waals surface area (Å²) in [5.74, 6) is 0.760. The van der Waals surface area contributed by atoms with Crippen LogP contribution in [0.5, 0.6) is 0 Å². The minimum Gasteiger partial charge on any atom is -0.338 e. The Balaban J connectivity index is 1.68. The Labute approximate surface area is 155 Å². The molecule has 5 nitrogen and oxygen atoms in total. The van der Waals surface area contributed by atoms with E-state index in [9.17, 15) is 4.79 Å². The molecule has 1 atom stereocenters. The molecule has 0 aliphatic carbocycles. The summed E-state index contributed by atoms with van der Waals surface area (Å²) in [7, 11) is 1.90. The monoisotopic (exact) mass is 374 g/mol. The van der Waals surface area contributed by atoms with Crippen LogP contribution in [0.15, 0.2) is 54.2 Å². The number of imidazole rings is 1. The van der Waals surface area contributed by atoms with E-state index >= 15 is 0 Å². The average Bonchev–Trinajstić information content (AvgIpc) is 3.25. The Kier molecular flexibility index (Phi) is 5.73. The zero-order valence-electron chi connectivity index (χ0n) is 13.8.